The van der Waals surface area contributed by atoms with Crippen molar-refractivity contribution in [3.8, 4) is 22.6 Å². The van der Waals surface area contributed by atoms with Gasteiger partial charge in [-0.2, -0.15) is 0 Å². The first-order chi connectivity index (χ1) is 15.9. The van der Waals surface area contributed by atoms with Crippen LogP contribution < -0.4 is 14.8 Å². The lowest BCUT2D eigenvalue weighted by atomic mass is 10.1. The summed E-state index contributed by atoms with van der Waals surface area (Å²) < 4.78 is 49.3. The third kappa shape index (κ3) is 5.23. The molecule has 0 radical (unpaired) electrons. The molecule has 0 aliphatic heterocycles. The number of nitrogens with one attached hydrogen (secondary N) is 1. The SMILES string of the molecule is COc1cccc(F)c1CNc1ccc(-c2ccc(OCCS(C)(=O)=O)cc2)c2nncn12. The summed E-state index contributed by atoms with van der Waals surface area (Å²) in [6.07, 6.45) is 2.76. The monoisotopic (exact) mass is 470 g/mol. The minimum absolute atomic E-state index is 0.0393. The van der Waals surface area contributed by atoms with Gasteiger partial charge in [0, 0.05) is 23.9 Å². The van der Waals surface area contributed by atoms with Crippen LogP contribution in [0.5, 0.6) is 11.5 Å². The molecule has 2 heterocycles. The lowest BCUT2D eigenvalue weighted by Crippen LogP contribution is -2.11. The fourth-order valence-electron chi connectivity index (χ4n) is 3.40. The topological polar surface area (TPSA) is 94.8 Å². The Morgan fingerprint density at radius 2 is 1.88 bits per heavy atom. The van der Waals surface area contributed by atoms with E-state index in [4.69, 9.17) is 9.47 Å². The quantitative estimate of drug-likeness (QED) is 0.400. The van der Waals surface area contributed by atoms with E-state index in [0.717, 1.165) is 11.1 Å². The third-order valence-electron chi connectivity index (χ3n) is 5.09. The largest absolute Gasteiger partial charge is 0.496 e. The van der Waals surface area contributed by atoms with E-state index < -0.39 is 9.84 Å². The number of rotatable bonds is 9. The van der Waals surface area contributed by atoms with Crippen LogP contribution in [-0.4, -0.2) is 48.7 Å². The second-order valence-electron chi connectivity index (χ2n) is 7.43. The number of benzene rings is 2. The van der Waals surface area contributed by atoms with Crippen molar-refractivity contribution in [3.05, 3.63) is 72.3 Å². The number of methoxy groups -OCH3 is 1. The lowest BCUT2D eigenvalue weighted by molar-refractivity contribution is 0.341. The summed E-state index contributed by atoms with van der Waals surface area (Å²) in [7, 11) is -1.57. The summed E-state index contributed by atoms with van der Waals surface area (Å²) in [6, 6.07) is 15.8. The van der Waals surface area contributed by atoms with Crippen molar-refractivity contribution in [1.29, 1.82) is 0 Å². The molecule has 0 aliphatic carbocycles. The standard InChI is InChI=1S/C23H23FN4O4S/c1-31-21-5-3-4-20(24)19(21)14-25-22-11-10-18(23-27-26-15-28(22)23)16-6-8-17(9-7-16)32-12-13-33(2,29)30/h3-11,15,25H,12-14H2,1-2H3. The predicted octanol–water partition coefficient (Wildman–Crippen LogP) is 3.58. The van der Waals surface area contributed by atoms with E-state index in [2.05, 4.69) is 15.5 Å². The molecule has 4 rings (SSSR count). The molecule has 0 bridgehead atoms. The van der Waals surface area contributed by atoms with Gasteiger partial charge >= 0.3 is 0 Å². The molecule has 4 aromatic rings. The summed E-state index contributed by atoms with van der Waals surface area (Å²) >= 11 is 0. The van der Waals surface area contributed by atoms with Crippen molar-refractivity contribution in [1.82, 2.24) is 14.6 Å². The molecule has 1 N–H and O–H groups in total. The van der Waals surface area contributed by atoms with Crippen molar-refractivity contribution in [2.45, 2.75) is 6.54 Å². The van der Waals surface area contributed by atoms with E-state index in [-0.39, 0.29) is 24.7 Å². The summed E-state index contributed by atoms with van der Waals surface area (Å²) in [6.45, 7) is 0.321. The second kappa shape index (κ2) is 9.45. The van der Waals surface area contributed by atoms with E-state index in [1.54, 1.807) is 35.0 Å². The molecule has 0 spiro atoms. The van der Waals surface area contributed by atoms with Gasteiger partial charge in [0.1, 0.15) is 36.1 Å². The Hall–Kier alpha value is -3.66. The Labute approximate surface area is 190 Å². The third-order valence-corrected chi connectivity index (χ3v) is 5.99. The molecular formula is C23H23FN4O4S. The molecule has 0 unspecified atom stereocenters. The van der Waals surface area contributed by atoms with Crippen LogP contribution in [0.25, 0.3) is 16.8 Å². The van der Waals surface area contributed by atoms with Crippen molar-refractivity contribution < 1.29 is 22.3 Å². The zero-order valence-electron chi connectivity index (χ0n) is 18.2. The molecule has 0 aliphatic rings. The molecule has 0 amide bonds. The highest BCUT2D eigenvalue weighted by molar-refractivity contribution is 7.90. The van der Waals surface area contributed by atoms with Crippen LogP contribution in [0.2, 0.25) is 0 Å². The Kier molecular flexibility index (Phi) is 6.45. The van der Waals surface area contributed by atoms with Crippen molar-refractivity contribution in [2.75, 3.05) is 31.0 Å². The minimum atomic E-state index is -3.07. The number of fused-ring (bicyclic) bond motifs is 1. The molecule has 8 nitrogen and oxygen atoms in total. The molecule has 0 saturated heterocycles. The van der Waals surface area contributed by atoms with Gasteiger partial charge < -0.3 is 14.8 Å². The molecule has 172 valence electrons. The number of hydrogen-bond acceptors (Lipinski definition) is 7. The van der Waals surface area contributed by atoms with Crippen LogP contribution in [0.3, 0.4) is 0 Å². The van der Waals surface area contributed by atoms with Crippen LogP contribution in [0, 0.1) is 5.82 Å². The molecule has 0 fully saturated rings. The van der Waals surface area contributed by atoms with Gasteiger partial charge in [0.05, 0.1) is 12.9 Å². The van der Waals surface area contributed by atoms with Crippen LogP contribution >= 0.6 is 0 Å². The van der Waals surface area contributed by atoms with E-state index >= 15 is 0 Å². The first-order valence-corrected chi connectivity index (χ1v) is 12.2. The zero-order valence-corrected chi connectivity index (χ0v) is 19.0. The van der Waals surface area contributed by atoms with Crippen molar-refractivity contribution in [3.63, 3.8) is 0 Å². The molecule has 0 atom stereocenters. The zero-order chi connectivity index (χ0) is 23.4. The van der Waals surface area contributed by atoms with E-state index in [9.17, 15) is 12.8 Å². The highest BCUT2D eigenvalue weighted by Gasteiger charge is 2.13. The number of halogens is 1. The Balaban J connectivity index is 1.53. The fraction of sp³-hybridized carbons (Fsp3) is 0.217. The van der Waals surface area contributed by atoms with Crippen LogP contribution in [0.4, 0.5) is 10.2 Å². The van der Waals surface area contributed by atoms with Gasteiger partial charge in [-0.15, -0.1) is 10.2 Å². The van der Waals surface area contributed by atoms with Gasteiger partial charge in [-0.25, -0.2) is 12.8 Å². The molecule has 2 aromatic heterocycles. The molecule has 0 saturated carbocycles. The number of sulfone groups is 1. The van der Waals surface area contributed by atoms with E-state index in [1.165, 1.54) is 19.4 Å². The summed E-state index contributed by atoms with van der Waals surface area (Å²) in [5.74, 6) is 1.36. The van der Waals surface area contributed by atoms with Crippen molar-refractivity contribution >= 4 is 21.3 Å². The summed E-state index contributed by atoms with van der Waals surface area (Å²) in [5, 5.41) is 11.5. The van der Waals surface area contributed by atoms with Gasteiger partial charge in [0.25, 0.3) is 0 Å². The maximum Gasteiger partial charge on any atom is 0.170 e. The van der Waals surface area contributed by atoms with Gasteiger partial charge in [0.2, 0.25) is 0 Å². The van der Waals surface area contributed by atoms with Crippen molar-refractivity contribution in [2.24, 2.45) is 0 Å². The Bertz CT molecular complexity index is 1370. The van der Waals surface area contributed by atoms with Gasteiger partial charge in [-0.05, 0) is 42.0 Å². The first kappa shape index (κ1) is 22.5. The number of pyridine rings is 1. The normalized spacial score (nSPS) is 11.5. The number of hydrogen-bond donors (Lipinski definition) is 1. The molecule has 10 heteroatoms. The molecular weight excluding hydrogens is 447 g/mol. The maximum atomic E-state index is 14.3. The predicted molar refractivity (Wildman–Crippen MR) is 124 cm³/mol. The smallest absolute Gasteiger partial charge is 0.170 e. The van der Waals surface area contributed by atoms with E-state index in [1.807, 2.05) is 24.3 Å². The van der Waals surface area contributed by atoms with Crippen LogP contribution in [-0.2, 0) is 16.4 Å². The highest BCUT2D eigenvalue weighted by Crippen LogP contribution is 2.29. The Morgan fingerprint density at radius 1 is 1.09 bits per heavy atom. The minimum Gasteiger partial charge on any atom is -0.496 e. The highest BCUT2D eigenvalue weighted by atomic mass is 32.2. The number of ether oxygens (including phenoxy) is 2. The second-order valence-corrected chi connectivity index (χ2v) is 9.69. The lowest BCUT2D eigenvalue weighted by Gasteiger charge is -2.14. The Morgan fingerprint density at radius 3 is 2.61 bits per heavy atom. The van der Waals surface area contributed by atoms with Crippen LogP contribution in [0.1, 0.15) is 5.56 Å². The molecule has 33 heavy (non-hydrogen) atoms. The fourth-order valence-corrected chi connectivity index (χ4v) is 3.79. The maximum absolute atomic E-state index is 14.3. The number of nitrogens with zero attached hydrogens (tertiary/aromatic N) is 3. The summed E-state index contributed by atoms with van der Waals surface area (Å²) in [5.41, 5.74) is 2.80. The number of anilines is 1. The first-order valence-electron chi connectivity index (χ1n) is 10.1. The molecule has 2 aromatic carbocycles. The van der Waals surface area contributed by atoms with Gasteiger partial charge in [-0.1, -0.05) is 18.2 Å². The average Bonchev–Trinajstić information content (AvgIpc) is 3.28. The summed E-state index contributed by atoms with van der Waals surface area (Å²) in [4.78, 5) is 0. The van der Waals surface area contributed by atoms with Gasteiger partial charge in [0.15, 0.2) is 15.5 Å². The van der Waals surface area contributed by atoms with Crippen LogP contribution in [0.15, 0.2) is 60.9 Å². The number of aromatic nitrogens is 3. The van der Waals surface area contributed by atoms with Gasteiger partial charge in [-0.3, -0.25) is 4.40 Å². The van der Waals surface area contributed by atoms with E-state index in [0.29, 0.717) is 28.5 Å². The average molecular weight is 471 g/mol.